The molecule has 0 aromatic carbocycles. The molecule has 2 unspecified atom stereocenters. The SMILES string of the molecule is CC/C=C\C/C=C\C/C=C\C/C=C\CCCCCCC(=O)OC(COC(=O)CCCCCCCCCCCCCCCCCCCCCCCCCC)COC(OCC[N+](C)(C)C)C(=O)[O-]. The number of nitrogens with zero attached hydrogens (tertiary/aromatic N) is 1. The fourth-order valence-electron chi connectivity index (χ4n) is 7.65. The number of hydrogen-bond acceptors (Lipinski definition) is 8. The molecule has 0 saturated carbocycles. The van der Waals surface area contributed by atoms with Crippen LogP contribution in [0.25, 0.3) is 0 Å². The Hall–Kier alpha value is -2.75. The van der Waals surface area contributed by atoms with E-state index in [2.05, 4.69) is 62.5 Å². The number of quaternary nitrogens is 1. The van der Waals surface area contributed by atoms with Crippen LogP contribution in [0, 0.1) is 0 Å². The van der Waals surface area contributed by atoms with E-state index in [4.69, 9.17) is 18.9 Å². The van der Waals surface area contributed by atoms with E-state index in [0.717, 1.165) is 70.6 Å². The Kier molecular flexibility index (Phi) is 46.7. The third-order valence-corrected chi connectivity index (χ3v) is 11.8. The lowest BCUT2D eigenvalue weighted by molar-refractivity contribution is -0.870. The Morgan fingerprint density at radius 2 is 0.864 bits per heavy atom. The van der Waals surface area contributed by atoms with Crippen molar-refractivity contribution in [2.75, 3.05) is 47.5 Å². The first-order chi connectivity index (χ1) is 32.1. The van der Waals surface area contributed by atoms with Gasteiger partial charge in [-0.25, -0.2) is 0 Å². The maximum atomic E-state index is 12.8. The van der Waals surface area contributed by atoms with Crippen molar-refractivity contribution in [2.45, 2.75) is 251 Å². The van der Waals surface area contributed by atoms with Gasteiger partial charge in [0, 0.05) is 12.8 Å². The highest BCUT2D eigenvalue weighted by Crippen LogP contribution is 2.17. The number of likely N-dealkylation sites (N-methyl/N-ethyl adjacent to an activating group) is 1. The highest BCUT2D eigenvalue weighted by Gasteiger charge is 2.22. The molecule has 0 heterocycles. The lowest BCUT2D eigenvalue weighted by Crippen LogP contribution is -2.44. The van der Waals surface area contributed by atoms with Gasteiger partial charge < -0.3 is 33.3 Å². The molecule has 0 spiro atoms. The molecule has 0 bridgehead atoms. The molecule has 66 heavy (non-hydrogen) atoms. The molecule has 9 heteroatoms. The molecule has 0 aliphatic heterocycles. The fraction of sp³-hybridized carbons (Fsp3) is 0.807. The predicted octanol–water partition coefficient (Wildman–Crippen LogP) is 14.2. The number of esters is 2. The Bertz CT molecular complexity index is 1220. The summed E-state index contributed by atoms with van der Waals surface area (Å²) >= 11 is 0. The molecule has 0 N–H and O–H groups in total. The van der Waals surface area contributed by atoms with Crippen LogP contribution in [-0.2, 0) is 33.3 Å². The third-order valence-electron chi connectivity index (χ3n) is 11.8. The van der Waals surface area contributed by atoms with Gasteiger partial charge in [0.2, 0.25) is 0 Å². The van der Waals surface area contributed by atoms with E-state index >= 15 is 0 Å². The van der Waals surface area contributed by atoms with E-state index in [-0.39, 0.29) is 38.6 Å². The summed E-state index contributed by atoms with van der Waals surface area (Å²) in [6.07, 6.45) is 55.9. The molecule has 0 aliphatic carbocycles. The minimum Gasteiger partial charge on any atom is -0.545 e. The molecule has 384 valence electrons. The van der Waals surface area contributed by atoms with E-state index < -0.39 is 24.3 Å². The molecular formula is C57H103NO8. The topological polar surface area (TPSA) is 111 Å². The minimum atomic E-state index is -1.63. The van der Waals surface area contributed by atoms with Crippen molar-refractivity contribution in [3.8, 4) is 0 Å². The quantitative estimate of drug-likeness (QED) is 0.0195. The Morgan fingerprint density at radius 1 is 0.470 bits per heavy atom. The first kappa shape index (κ1) is 63.2. The van der Waals surface area contributed by atoms with Crippen LogP contribution in [0.15, 0.2) is 48.6 Å². The van der Waals surface area contributed by atoms with Gasteiger partial charge >= 0.3 is 11.9 Å². The van der Waals surface area contributed by atoms with Crippen LogP contribution in [-0.4, -0.2) is 82.3 Å². The summed E-state index contributed by atoms with van der Waals surface area (Å²) < 4.78 is 22.6. The molecule has 0 amide bonds. The lowest BCUT2D eigenvalue weighted by Gasteiger charge is -2.26. The van der Waals surface area contributed by atoms with Crippen LogP contribution < -0.4 is 5.11 Å². The van der Waals surface area contributed by atoms with Crippen molar-refractivity contribution in [3.63, 3.8) is 0 Å². The number of carboxylic acids is 1. The maximum Gasteiger partial charge on any atom is 0.306 e. The van der Waals surface area contributed by atoms with Gasteiger partial charge in [0.05, 0.1) is 40.3 Å². The zero-order valence-electron chi connectivity index (χ0n) is 43.6. The van der Waals surface area contributed by atoms with Crippen LogP contribution in [0.3, 0.4) is 0 Å². The maximum absolute atomic E-state index is 12.8. The second-order valence-electron chi connectivity index (χ2n) is 19.5. The molecule has 9 nitrogen and oxygen atoms in total. The van der Waals surface area contributed by atoms with Gasteiger partial charge in [0.15, 0.2) is 12.4 Å². The number of hydrogen-bond donors (Lipinski definition) is 0. The van der Waals surface area contributed by atoms with Crippen LogP contribution in [0.5, 0.6) is 0 Å². The molecule has 0 aromatic heterocycles. The second kappa shape index (κ2) is 48.7. The monoisotopic (exact) mass is 930 g/mol. The summed E-state index contributed by atoms with van der Waals surface area (Å²) in [6, 6.07) is 0. The van der Waals surface area contributed by atoms with Gasteiger partial charge in [0.25, 0.3) is 0 Å². The van der Waals surface area contributed by atoms with E-state index in [1.807, 2.05) is 21.1 Å². The average Bonchev–Trinajstić information content (AvgIpc) is 3.28. The molecule has 0 fully saturated rings. The average molecular weight is 930 g/mol. The molecule has 0 aliphatic rings. The Labute approximate surface area is 406 Å². The molecule has 0 radical (unpaired) electrons. The van der Waals surface area contributed by atoms with Crippen LogP contribution >= 0.6 is 0 Å². The van der Waals surface area contributed by atoms with Crippen LogP contribution in [0.4, 0.5) is 0 Å². The summed E-state index contributed by atoms with van der Waals surface area (Å²) in [5.41, 5.74) is 0. The Morgan fingerprint density at radius 3 is 1.29 bits per heavy atom. The highest BCUT2D eigenvalue weighted by atomic mass is 16.7. The summed E-state index contributed by atoms with van der Waals surface area (Å²) in [4.78, 5) is 37.2. The molecular weight excluding hydrogens is 827 g/mol. The van der Waals surface area contributed by atoms with Crippen molar-refractivity contribution in [1.29, 1.82) is 0 Å². The predicted molar refractivity (Wildman–Crippen MR) is 274 cm³/mol. The number of ether oxygens (including phenoxy) is 4. The van der Waals surface area contributed by atoms with E-state index in [1.165, 1.54) is 135 Å². The second-order valence-corrected chi connectivity index (χ2v) is 19.5. The zero-order valence-corrected chi connectivity index (χ0v) is 43.6. The molecule has 0 aromatic rings. The van der Waals surface area contributed by atoms with Gasteiger partial charge in [-0.15, -0.1) is 0 Å². The number of carboxylic acid groups (broad SMARTS) is 1. The van der Waals surface area contributed by atoms with Crippen molar-refractivity contribution < 1.29 is 42.9 Å². The molecule has 0 saturated heterocycles. The summed E-state index contributed by atoms with van der Waals surface area (Å²) in [6.45, 7) is 4.63. The smallest absolute Gasteiger partial charge is 0.306 e. The lowest BCUT2D eigenvalue weighted by atomic mass is 10.0. The van der Waals surface area contributed by atoms with E-state index in [0.29, 0.717) is 17.4 Å². The summed E-state index contributed by atoms with van der Waals surface area (Å²) in [5.74, 6) is -2.31. The van der Waals surface area contributed by atoms with Crippen molar-refractivity contribution in [3.05, 3.63) is 48.6 Å². The number of allylic oxidation sites excluding steroid dienone is 8. The summed E-state index contributed by atoms with van der Waals surface area (Å²) in [5, 5.41) is 11.7. The van der Waals surface area contributed by atoms with Crippen LogP contribution in [0.2, 0.25) is 0 Å². The van der Waals surface area contributed by atoms with E-state index in [9.17, 15) is 19.5 Å². The zero-order chi connectivity index (χ0) is 48.4. The molecule has 2 atom stereocenters. The first-order valence-electron chi connectivity index (χ1n) is 27.3. The standard InChI is InChI=1S/C57H103NO8/c1-6-8-10-12-14-16-18-20-22-24-25-26-27-28-29-30-32-33-35-37-39-41-43-45-47-54(59)64-51-53(52-65-57(56(61)62)63-50-49-58(3,4)5)66-55(60)48-46-44-42-40-38-36-34-31-23-21-19-17-15-13-11-9-7-2/h9,11,15,17,21,23,34,36,53,57H,6-8,10,12-14,16,18-20,22,24-33,35,37-52H2,1-5H3/b11-9-,17-15-,23-21-,36-34-. The van der Waals surface area contributed by atoms with Gasteiger partial charge in [-0.05, 0) is 51.4 Å². The first-order valence-corrected chi connectivity index (χ1v) is 27.3. The molecule has 0 rings (SSSR count). The minimum absolute atomic E-state index is 0.142. The largest absolute Gasteiger partial charge is 0.545 e. The number of aliphatic carboxylic acids is 1. The number of carbonyl (C=O) groups excluding carboxylic acids is 3. The van der Waals surface area contributed by atoms with Crippen molar-refractivity contribution in [1.82, 2.24) is 0 Å². The highest BCUT2D eigenvalue weighted by molar-refractivity contribution is 5.70. The fourth-order valence-corrected chi connectivity index (χ4v) is 7.65. The van der Waals surface area contributed by atoms with Gasteiger partial charge in [-0.3, -0.25) is 9.59 Å². The van der Waals surface area contributed by atoms with E-state index in [1.54, 1.807) is 0 Å². The Balaban J connectivity index is 4.26. The van der Waals surface area contributed by atoms with Crippen LogP contribution in [0.1, 0.15) is 239 Å². The third kappa shape index (κ3) is 49.2. The van der Waals surface area contributed by atoms with Gasteiger partial charge in [-0.2, -0.15) is 0 Å². The van der Waals surface area contributed by atoms with Gasteiger partial charge in [0.1, 0.15) is 13.2 Å². The number of unbranched alkanes of at least 4 members (excludes halogenated alkanes) is 27. The number of rotatable bonds is 50. The van der Waals surface area contributed by atoms with Crippen molar-refractivity contribution >= 4 is 17.9 Å². The van der Waals surface area contributed by atoms with Gasteiger partial charge in [-0.1, -0.05) is 223 Å². The normalized spacial score (nSPS) is 13.2. The number of carbonyl (C=O) groups is 3. The summed E-state index contributed by atoms with van der Waals surface area (Å²) in [7, 11) is 5.91. The van der Waals surface area contributed by atoms with Crippen molar-refractivity contribution in [2.24, 2.45) is 0 Å².